The van der Waals surface area contributed by atoms with Crippen molar-refractivity contribution in [2.45, 2.75) is 26.7 Å². The van der Waals surface area contributed by atoms with Gasteiger partial charge in [-0.05, 0) is 18.8 Å². The van der Waals surface area contributed by atoms with E-state index in [1.54, 1.807) is 0 Å². The number of allylic oxidation sites excluding steroid dienone is 1. The SMILES string of the molecule is CCC(/C=C1\SC(=S)NC1=O)CC. The Kier molecular flexibility index (Phi) is 3.93. The van der Waals surface area contributed by atoms with E-state index in [0.29, 0.717) is 10.2 Å². The molecule has 0 bridgehead atoms. The third-order valence-electron chi connectivity index (χ3n) is 2.08. The normalized spacial score (nSPS) is 20.1. The fraction of sp³-hybridized carbons (Fsp3) is 0.556. The number of nitrogens with one attached hydrogen (secondary N) is 1. The quantitative estimate of drug-likeness (QED) is 0.579. The van der Waals surface area contributed by atoms with Crippen LogP contribution in [0.15, 0.2) is 11.0 Å². The molecule has 72 valence electrons. The van der Waals surface area contributed by atoms with Crippen molar-refractivity contribution in [3.63, 3.8) is 0 Å². The van der Waals surface area contributed by atoms with Crippen molar-refractivity contribution in [2.75, 3.05) is 0 Å². The average Bonchev–Trinajstić information content (AvgIpc) is 2.41. The Morgan fingerprint density at radius 1 is 1.54 bits per heavy atom. The molecule has 1 saturated heterocycles. The predicted octanol–water partition coefficient (Wildman–Crippen LogP) is 2.45. The van der Waals surface area contributed by atoms with Crippen molar-refractivity contribution < 1.29 is 4.79 Å². The number of carbonyl (C=O) groups excluding carboxylic acids is 1. The van der Waals surface area contributed by atoms with E-state index in [4.69, 9.17) is 12.2 Å². The molecule has 0 aromatic rings. The Labute approximate surface area is 88.2 Å². The minimum Gasteiger partial charge on any atom is -0.307 e. The molecule has 0 aromatic carbocycles. The second kappa shape index (κ2) is 4.77. The summed E-state index contributed by atoms with van der Waals surface area (Å²) in [6, 6.07) is 0. The van der Waals surface area contributed by atoms with E-state index in [2.05, 4.69) is 19.2 Å². The zero-order valence-corrected chi connectivity index (χ0v) is 9.43. The molecule has 0 radical (unpaired) electrons. The van der Waals surface area contributed by atoms with E-state index in [1.165, 1.54) is 11.8 Å². The molecule has 1 fully saturated rings. The molecule has 4 heteroatoms. The lowest BCUT2D eigenvalue weighted by Gasteiger charge is -2.05. The van der Waals surface area contributed by atoms with E-state index in [-0.39, 0.29) is 5.91 Å². The maximum absolute atomic E-state index is 11.3. The monoisotopic (exact) mass is 215 g/mol. The van der Waals surface area contributed by atoms with Crippen LogP contribution in [0.5, 0.6) is 0 Å². The van der Waals surface area contributed by atoms with Gasteiger partial charge in [0.1, 0.15) is 4.32 Å². The zero-order chi connectivity index (χ0) is 9.84. The van der Waals surface area contributed by atoms with Crippen LogP contribution in [-0.2, 0) is 4.79 Å². The van der Waals surface area contributed by atoms with Crippen LogP contribution < -0.4 is 5.32 Å². The fourth-order valence-electron chi connectivity index (χ4n) is 1.17. The van der Waals surface area contributed by atoms with Gasteiger partial charge in [0.15, 0.2) is 0 Å². The lowest BCUT2D eigenvalue weighted by atomic mass is 10.0. The van der Waals surface area contributed by atoms with E-state index >= 15 is 0 Å². The van der Waals surface area contributed by atoms with Crippen LogP contribution in [0.2, 0.25) is 0 Å². The number of carbonyl (C=O) groups is 1. The summed E-state index contributed by atoms with van der Waals surface area (Å²) < 4.78 is 0.571. The summed E-state index contributed by atoms with van der Waals surface area (Å²) in [7, 11) is 0. The predicted molar refractivity (Wildman–Crippen MR) is 60.5 cm³/mol. The highest BCUT2D eigenvalue weighted by Crippen LogP contribution is 2.26. The third kappa shape index (κ3) is 2.81. The molecule has 0 spiro atoms. The van der Waals surface area contributed by atoms with Crippen LogP contribution >= 0.6 is 24.0 Å². The molecule has 13 heavy (non-hydrogen) atoms. The van der Waals surface area contributed by atoms with Gasteiger partial charge in [-0.25, -0.2) is 0 Å². The molecule has 0 unspecified atom stereocenters. The topological polar surface area (TPSA) is 29.1 Å². The van der Waals surface area contributed by atoms with Gasteiger partial charge in [-0.1, -0.05) is 43.9 Å². The molecule has 0 aliphatic carbocycles. The van der Waals surface area contributed by atoms with Gasteiger partial charge < -0.3 is 5.32 Å². The molecule has 1 amide bonds. The van der Waals surface area contributed by atoms with Gasteiger partial charge in [-0.15, -0.1) is 0 Å². The molecular formula is C9H13NOS2. The van der Waals surface area contributed by atoms with Gasteiger partial charge in [0.2, 0.25) is 0 Å². The second-order valence-corrected chi connectivity index (χ2v) is 4.67. The highest BCUT2D eigenvalue weighted by atomic mass is 32.2. The van der Waals surface area contributed by atoms with E-state index in [9.17, 15) is 4.79 Å². The Morgan fingerprint density at radius 3 is 2.54 bits per heavy atom. The number of hydrogen-bond donors (Lipinski definition) is 1. The molecule has 1 aliphatic heterocycles. The Hall–Kier alpha value is -0.350. The summed E-state index contributed by atoms with van der Waals surface area (Å²) in [5.41, 5.74) is 0. The fourth-order valence-corrected chi connectivity index (χ4v) is 2.28. The molecule has 1 heterocycles. The van der Waals surface area contributed by atoms with Crippen LogP contribution in [-0.4, -0.2) is 10.2 Å². The minimum absolute atomic E-state index is 0.0399. The second-order valence-electron chi connectivity index (χ2n) is 2.95. The van der Waals surface area contributed by atoms with Crippen molar-refractivity contribution in [3.8, 4) is 0 Å². The van der Waals surface area contributed by atoms with Gasteiger partial charge in [-0.3, -0.25) is 4.79 Å². The Balaban J connectivity index is 2.70. The molecule has 1 rings (SSSR count). The number of hydrogen-bond acceptors (Lipinski definition) is 3. The first kappa shape index (κ1) is 10.7. The zero-order valence-electron chi connectivity index (χ0n) is 7.79. The molecule has 1 N–H and O–H groups in total. The molecular weight excluding hydrogens is 202 g/mol. The van der Waals surface area contributed by atoms with E-state index < -0.39 is 0 Å². The number of thioether (sulfide) groups is 1. The molecule has 0 saturated carbocycles. The molecule has 0 atom stereocenters. The summed E-state index contributed by atoms with van der Waals surface area (Å²) in [5.74, 6) is 0.455. The van der Waals surface area contributed by atoms with Crippen LogP contribution in [0.1, 0.15) is 26.7 Å². The largest absolute Gasteiger partial charge is 0.307 e. The van der Waals surface area contributed by atoms with Gasteiger partial charge in [0.05, 0.1) is 4.91 Å². The summed E-state index contributed by atoms with van der Waals surface area (Å²) in [6.45, 7) is 4.25. The van der Waals surface area contributed by atoms with Gasteiger partial charge in [0, 0.05) is 0 Å². The van der Waals surface area contributed by atoms with Crippen molar-refractivity contribution >= 4 is 34.2 Å². The van der Waals surface area contributed by atoms with E-state index in [0.717, 1.165) is 17.7 Å². The van der Waals surface area contributed by atoms with Crippen LogP contribution in [0.25, 0.3) is 0 Å². The number of thiocarbonyl (C=S) groups is 1. The van der Waals surface area contributed by atoms with Crippen molar-refractivity contribution in [1.29, 1.82) is 0 Å². The maximum atomic E-state index is 11.3. The third-order valence-corrected chi connectivity index (χ3v) is 3.26. The first-order valence-electron chi connectivity index (χ1n) is 4.42. The summed E-state index contributed by atoms with van der Waals surface area (Å²) in [4.78, 5) is 12.0. The van der Waals surface area contributed by atoms with Crippen molar-refractivity contribution in [3.05, 3.63) is 11.0 Å². The lowest BCUT2D eigenvalue weighted by Crippen LogP contribution is -2.18. The van der Waals surface area contributed by atoms with Crippen LogP contribution in [0.3, 0.4) is 0 Å². The minimum atomic E-state index is -0.0399. The summed E-state index contributed by atoms with van der Waals surface area (Å²) in [5, 5.41) is 2.61. The highest BCUT2D eigenvalue weighted by Gasteiger charge is 2.22. The van der Waals surface area contributed by atoms with Crippen LogP contribution in [0.4, 0.5) is 0 Å². The van der Waals surface area contributed by atoms with Crippen LogP contribution in [0, 0.1) is 5.92 Å². The molecule has 1 aliphatic rings. The summed E-state index contributed by atoms with van der Waals surface area (Å²) >= 11 is 6.25. The average molecular weight is 215 g/mol. The van der Waals surface area contributed by atoms with Crippen molar-refractivity contribution in [2.24, 2.45) is 5.92 Å². The Bertz CT molecular complexity index is 256. The first-order chi connectivity index (χ1) is 6.17. The molecule has 2 nitrogen and oxygen atoms in total. The highest BCUT2D eigenvalue weighted by molar-refractivity contribution is 8.26. The summed E-state index contributed by atoms with van der Waals surface area (Å²) in [6.07, 6.45) is 4.17. The van der Waals surface area contributed by atoms with Crippen molar-refractivity contribution in [1.82, 2.24) is 5.32 Å². The van der Waals surface area contributed by atoms with Gasteiger partial charge in [0.25, 0.3) is 5.91 Å². The lowest BCUT2D eigenvalue weighted by molar-refractivity contribution is -0.115. The Morgan fingerprint density at radius 2 is 2.15 bits per heavy atom. The number of rotatable bonds is 3. The smallest absolute Gasteiger partial charge is 0.263 e. The number of amides is 1. The van der Waals surface area contributed by atoms with Gasteiger partial charge in [-0.2, -0.15) is 0 Å². The van der Waals surface area contributed by atoms with Gasteiger partial charge >= 0.3 is 0 Å². The first-order valence-corrected chi connectivity index (χ1v) is 5.64. The maximum Gasteiger partial charge on any atom is 0.263 e. The van der Waals surface area contributed by atoms with E-state index in [1.807, 2.05) is 6.08 Å². The standard InChI is InChI=1S/C9H13NOS2/c1-3-6(4-2)5-7-8(11)10-9(12)13-7/h5-6H,3-4H2,1-2H3,(H,10,11,12)/b7-5-. The molecule has 0 aromatic heterocycles.